The Hall–Kier alpha value is -3.89. The molecule has 0 aliphatic carbocycles. The van der Waals surface area contributed by atoms with Gasteiger partial charge in [-0.2, -0.15) is 10.5 Å². The lowest BCUT2D eigenvalue weighted by Crippen LogP contribution is -2.30. The van der Waals surface area contributed by atoms with E-state index in [1.807, 2.05) is 0 Å². The van der Waals surface area contributed by atoms with E-state index in [-0.39, 0.29) is 32.0 Å². The molecule has 1 aromatic carbocycles. The SMILES string of the molecule is N#CC(C#N)=c1sc(=Cc2ccco2)c(=O)n1-c1ccc2c(c1)OC(F)(F)O2. The fourth-order valence-electron chi connectivity index (χ4n) is 2.58. The minimum Gasteiger partial charge on any atom is -0.465 e. The monoisotopic (exact) mass is 399 g/mol. The number of ether oxygens (including phenoxy) is 2. The van der Waals surface area contributed by atoms with Gasteiger partial charge in [0.15, 0.2) is 17.1 Å². The lowest BCUT2D eigenvalue weighted by atomic mass is 10.2. The van der Waals surface area contributed by atoms with Gasteiger partial charge < -0.3 is 13.9 Å². The van der Waals surface area contributed by atoms with E-state index in [4.69, 9.17) is 4.42 Å². The van der Waals surface area contributed by atoms with E-state index < -0.39 is 11.9 Å². The number of nitriles is 2. The minimum atomic E-state index is -3.81. The van der Waals surface area contributed by atoms with Crippen LogP contribution in [-0.2, 0) is 0 Å². The second kappa shape index (κ2) is 6.37. The molecule has 0 saturated carbocycles. The van der Waals surface area contributed by atoms with Crippen LogP contribution in [0.4, 0.5) is 8.78 Å². The second-order valence-electron chi connectivity index (χ2n) is 5.47. The fraction of sp³-hybridized carbons (Fsp3) is 0.0556. The number of halogens is 2. The molecule has 0 amide bonds. The first kappa shape index (κ1) is 17.5. The predicted molar refractivity (Wildman–Crippen MR) is 92.3 cm³/mol. The molecule has 28 heavy (non-hydrogen) atoms. The maximum atomic E-state index is 13.3. The average Bonchev–Trinajstić information content (AvgIpc) is 3.34. The van der Waals surface area contributed by atoms with E-state index in [9.17, 15) is 24.1 Å². The molecule has 0 bridgehead atoms. The van der Waals surface area contributed by atoms with Gasteiger partial charge in [-0.15, -0.1) is 20.1 Å². The first-order valence-electron chi connectivity index (χ1n) is 7.64. The zero-order valence-corrected chi connectivity index (χ0v) is 14.5. The van der Waals surface area contributed by atoms with Crippen LogP contribution in [0.1, 0.15) is 5.76 Å². The van der Waals surface area contributed by atoms with E-state index in [0.29, 0.717) is 5.76 Å². The zero-order chi connectivity index (χ0) is 19.9. The van der Waals surface area contributed by atoms with Crippen LogP contribution in [0.5, 0.6) is 11.5 Å². The number of alkyl halides is 2. The van der Waals surface area contributed by atoms with Crippen LogP contribution in [0.25, 0.3) is 17.3 Å². The van der Waals surface area contributed by atoms with Crippen molar-refractivity contribution in [1.29, 1.82) is 10.5 Å². The Morgan fingerprint density at radius 2 is 1.93 bits per heavy atom. The number of hydrogen-bond acceptors (Lipinski definition) is 7. The molecule has 138 valence electrons. The molecule has 0 saturated heterocycles. The number of thiazole rings is 1. The van der Waals surface area contributed by atoms with Gasteiger partial charge in [-0.1, -0.05) is 0 Å². The molecule has 0 radical (unpaired) electrons. The first-order chi connectivity index (χ1) is 13.4. The van der Waals surface area contributed by atoms with Gasteiger partial charge in [0.2, 0.25) is 0 Å². The number of hydrogen-bond donors (Lipinski definition) is 0. The molecule has 10 heteroatoms. The van der Waals surface area contributed by atoms with Crippen LogP contribution in [-0.4, -0.2) is 10.9 Å². The number of aromatic nitrogens is 1. The van der Waals surface area contributed by atoms with Crippen LogP contribution < -0.4 is 24.2 Å². The number of fused-ring (bicyclic) bond motifs is 1. The topological polar surface area (TPSA) is 101 Å². The van der Waals surface area contributed by atoms with E-state index in [2.05, 4.69) is 9.47 Å². The first-order valence-corrected chi connectivity index (χ1v) is 8.45. The highest BCUT2D eigenvalue weighted by molar-refractivity contribution is 7.07. The molecule has 0 atom stereocenters. The Labute approximate surface area is 158 Å². The average molecular weight is 399 g/mol. The molecule has 3 aromatic rings. The third-order valence-electron chi connectivity index (χ3n) is 3.72. The summed E-state index contributed by atoms with van der Waals surface area (Å²) in [6.45, 7) is 0. The molecule has 0 spiro atoms. The van der Waals surface area contributed by atoms with Crippen LogP contribution in [0.3, 0.4) is 0 Å². The third kappa shape index (κ3) is 2.92. The Kier molecular flexibility index (Phi) is 3.99. The van der Waals surface area contributed by atoms with Crippen molar-refractivity contribution in [3.05, 3.63) is 61.9 Å². The fourth-order valence-corrected chi connectivity index (χ4v) is 3.62. The number of rotatable bonds is 2. The van der Waals surface area contributed by atoms with E-state index in [1.54, 1.807) is 24.3 Å². The maximum Gasteiger partial charge on any atom is 0.586 e. The quantitative estimate of drug-likeness (QED) is 0.652. The molecule has 7 nitrogen and oxygen atoms in total. The van der Waals surface area contributed by atoms with Gasteiger partial charge in [0.05, 0.1) is 16.5 Å². The largest absolute Gasteiger partial charge is 0.586 e. The van der Waals surface area contributed by atoms with Crippen molar-refractivity contribution in [2.75, 3.05) is 0 Å². The highest BCUT2D eigenvalue weighted by atomic mass is 32.1. The predicted octanol–water partition coefficient (Wildman–Crippen LogP) is 1.84. The Morgan fingerprint density at radius 1 is 1.18 bits per heavy atom. The number of furan rings is 1. The highest BCUT2D eigenvalue weighted by Crippen LogP contribution is 2.41. The van der Waals surface area contributed by atoms with Crippen LogP contribution in [0.15, 0.2) is 45.8 Å². The van der Waals surface area contributed by atoms with Crippen LogP contribution >= 0.6 is 11.3 Å². The summed E-state index contributed by atoms with van der Waals surface area (Å²) in [5, 5.41) is 18.5. The molecule has 4 rings (SSSR count). The highest BCUT2D eigenvalue weighted by Gasteiger charge is 2.43. The van der Waals surface area contributed by atoms with Crippen LogP contribution in [0.2, 0.25) is 0 Å². The van der Waals surface area contributed by atoms with Crippen molar-refractivity contribution in [3.63, 3.8) is 0 Å². The Morgan fingerprint density at radius 3 is 2.61 bits per heavy atom. The Bertz CT molecular complexity index is 1330. The van der Waals surface area contributed by atoms with Crippen molar-refractivity contribution in [3.8, 4) is 29.3 Å². The van der Waals surface area contributed by atoms with E-state index in [1.165, 1.54) is 30.5 Å². The van der Waals surface area contributed by atoms with Gasteiger partial charge in [0.25, 0.3) is 5.56 Å². The summed E-state index contributed by atoms with van der Waals surface area (Å²) in [6.07, 6.45) is -0.919. The van der Waals surface area contributed by atoms with Gasteiger partial charge in [-0.25, -0.2) is 0 Å². The maximum absolute atomic E-state index is 13.3. The normalized spacial score (nSPS) is 14.5. The van der Waals surface area contributed by atoms with E-state index >= 15 is 0 Å². The molecule has 0 fully saturated rings. The number of nitrogens with zero attached hydrogens (tertiary/aromatic N) is 3. The van der Waals surface area contributed by atoms with Crippen molar-refractivity contribution >= 4 is 23.0 Å². The minimum absolute atomic E-state index is 0.0541. The standard InChI is InChI=1S/C18H7F2N3O4S/c19-18(20)26-13-4-3-11(6-14(13)27-18)23-16(24)15(7-12-2-1-5-25-12)28-17(23)10(8-21)9-22/h1-7H. The van der Waals surface area contributed by atoms with Crippen molar-refractivity contribution < 1.29 is 22.7 Å². The molecule has 1 aliphatic heterocycles. The molecule has 2 aromatic heterocycles. The third-order valence-corrected chi connectivity index (χ3v) is 4.81. The number of benzene rings is 1. The summed E-state index contributed by atoms with van der Waals surface area (Å²) in [5.74, 6) is -0.0536. The summed E-state index contributed by atoms with van der Waals surface area (Å²) in [4.78, 5) is 12.9. The molecular weight excluding hydrogens is 392 g/mol. The second-order valence-corrected chi connectivity index (χ2v) is 6.50. The summed E-state index contributed by atoms with van der Waals surface area (Å²) < 4.78 is 41.8. The van der Waals surface area contributed by atoms with Gasteiger partial charge in [0, 0.05) is 12.1 Å². The van der Waals surface area contributed by atoms with Crippen molar-refractivity contribution in [2.24, 2.45) is 0 Å². The molecule has 0 N–H and O–H groups in total. The van der Waals surface area contributed by atoms with Gasteiger partial charge in [0.1, 0.15) is 22.6 Å². The molecule has 1 aliphatic rings. The summed E-state index contributed by atoms with van der Waals surface area (Å²) in [5.41, 5.74) is -0.715. The van der Waals surface area contributed by atoms with Crippen LogP contribution in [0, 0.1) is 22.7 Å². The molecule has 3 heterocycles. The zero-order valence-electron chi connectivity index (χ0n) is 13.7. The smallest absolute Gasteiger partial charge is 0.465 e. The summed E-state index contributed by atoms with van der Waals surface area (Å²) >= 11 is 0.902. The van der Waals surface area contributed by atoms with Crippen molar-refractivity contribution in [2.45, 2.75) is 6.29 Å². The lowest BCUT2D eigenvalue weighted by Gasteiger charge is -2.04. The van der Waals surface area contributed by atoms with Gasteiger partial charge in [-0.05, 0) is 24.3 Å². The molecule has 0 unspecified atom stereocenters. The van der Waals surface area contributed by atoms with Crippen molar-refractivity contribution in [1.82, 2.24) is 4.57 Å². The Balaban J connectivity index is 2.00. The van der Waals surface area contributed by atoms with Gasteiger partial charge in [-0.3, -0.25) is 9.36 Å². The summed E-state index contributed by atoms with van der Waals surface area (Å²) in [6, 6.07) is 10.5. The lowest BCUT2D eigenvalue weighted by molar-refractivity contribution is -0.286. The van der Waals surface area contributed by atoms with E-state index in [0.717, 1.165) is 15.9 Å². The summed E-state index contributed by atoms with van der Waals surface area (Å²) in [7, 11) is 0. The molecular formula is C18H7F2N3O4S. The van der Waals surface area contributed by atoms with Gasteiger partial charge >= 0.3 is 6.29 Å².